The van der Waals surface area contributed by atoms with E-state index in [1.165, 1.54) is 12.1 Å². The topological polar surface area (TPSA) is 88.2 Å². The molecule has 2 aromatic carbocycles. The van der Waals surface area contributed by atoms with Crippen molar-refractivity contribution in [3.05, 3.63) is 54.3 Å². The molecule has 0 aromatic heterocycles. The number of rotatable bonds is 4. The quantitative estimate of drug-likeness (QED) is 0.347. The van der Waals surface area contributed by atoms with E-state index >= 15 is 0 Å². The molecule has 108 valence electrons. The van der Waals surface area contributed by atoms with Crippen LogP contribution < -0.4 is 15.8 Å². The molecular weight excluding hydrogens is 273 g/mol. The van der Waals surface area contributed by atoms with Gasteiger partial charge < -0.3 is 15.8 Å². The van der Waals surface area contributed by atoms with Gasteiger partial charge in [0.2, 0.25) is 0 Å². The molecule has 21 heavy (non-hydrogen) atoms. The van der Waals surface area contributed by atoms with E-state index in [4.69, 9.17) is 15.9 Å². The van der Waals surface area contributed by atoms with Crippen LogP contribution in [-0.4, -0.2) is 18.5 Å². The summed E-state index contributed by atoms with van der Waals surface area (Å²) in [5.74, 6) is -1.87. The van der Waals surface area contributed by atoms with Gasteiger partial charge in [0, 0.05) is 0 Å². The molecule has 2 rings (SSSR count). The van der Waals surface area contributed by atoms with Gasteiger partial charge >= 0.3 is 5.97 Å². The van der Waals surface area contributed by atoms with E-state index in [1.54, 1.807) is 6.07 Å². The lowest BCUT2D eigenvalue weighted by Gasteiger charge is -2.08. The molecule has 0 unspecified atom stereocenters. The maximum absolute atomic E-state index is 13.9. The molecule has 4 N–H and O–H groups in total. The number of nitrogens with one attached hydrogen (secondary N) is 2. The molecule has 5 nitrogen and oxygen atoms in total. The van der Waals surface area contributed by atoms with Gasteiger partial charge in [0.25, 0.3) is 0 Å². The molecule has 0 aliphatic heterocycles. The Kier molecular flexibility index (Phi) is 4.50. The fourth-order valence-corrected chi connectivity index (χ4v) is 1.72. The van der Waals surface area contributed by atoms with Crippen molar-refractivity contribution in [1.29, 1.82) is 5.41 Å². The predicted molar refractivity (Wildman–Crippen MR) is 77.4 cm³/mol. The van der Waals surface area contributed by atoms with E-state index in [0.29, 0.717) is 5.56 Å². The minimum atomic E-state index is -0.725. The highest BCUT2D eigenvalue weighted by Gasteiger charge is 2.11. The molecule has 0 aliphatic carbocycles. The first-order chi connectivity index (χ1) is 10.1. The van der Waals surface area contributed by atoms with Gasteiger partial charge in [-0.05, 0) is 23.3 Å². The van der Waals surface area contributed by atoms with Gasteiger partial charge in [-0.2, -0.15) is 0 Å². The molecule has 0 aliphatic rings. The summed E-state index contributed by atoms with van der Waals surface area (Å²) < 4.78 is 18.8. The molecule has 0 heterocycles. The summed E-state index contributed by atoms with van der Waals surface area (Å²) >= 11 is 0. The number of nitrogens with two attached hydrogens (primary N) is 1. The first-order valence-corrected chi connectivity index (χ1v) is 6.20. The standard InChI is InChI=1S/C15H14FN3O2/c16-12-8-11(10-4-2-1-3-5-10)6-7-13(12)21-14(20)9-19-15(17)18/h1-8H,9H2,(H4,17,18,19). The molecule has 6 heteroatoms. The highest BCUT2D eigenvalue weighted by atomic mass is 19.1. The number of esters is 1. The smallest absolute Gasteiger partial charge is 0.330 e. The van der Waals surface area contributed by atoms with E-state index < -0.39 is 11.8 Å². The number of benzene rings is 2. The van der Waals surface area contributed by atoms with Crippen LogP contribution in [0.4, 0.5) is 4.39 Å². The van der Waals surface area contributed by atoms with Crippen molar-refractivity contribution in [2.45, 2.75) is 0 Å². The SMILES string of the molecule is N=C(N)NCC(=O)Oc1ccc(-c2ccccc2)cc1F. The lowest BCUT2D eigenvalue weighted by atomic mass is 10.1. The summed E-state index contributed by atoms with van der Waals surface area (Å²) in [6, 6.07) is 13.7. The van der Waals surface area contributed by atoms with Gasteiger partial charge in [-0.3, -0.25) is 5.41 Å². The van der Waals surface area contributed by atoms with Crippen LogP contribution in [-0.2, 0) is 4.79 Å². The number of carbonyl (C=O) groups is 1. The van der Waals surface area contributed by atoms with Crippen molar-refractivity contribution < 1.29 is 13.9 Å². The van der Waals surface area contributed by atoms with E-state index in [2.05, 4.69) is 5.32 Å². The summed E-state index contributed by atoms with van der Waals surface area (Å²) in [7, 11) is 0. The van der Waals surface area contributed by atoms with Crippen LogP contribution in [0.5, 0.6) is 5.75 Å². The summed E-state index contributed by atoms with van der Waals surface area (Å²) in [6.45, 7) is -0.296. The zero-order valence-electron chi connectivity index (χ0n) is 11.1. The van der Waals surface area contributed by atoms with E-state index in [-0.39, 0.29) is 18.3 Å². The molecule has 0 saturated heterocycles. The lowest BCUT2D eigenvalue weighted by molar-refractivity contribution is -0.133. The summed E-state index contributed by atoms with van der Waals surface area (Å²) in [4.78, 5) is 11.4. The van der Waals surface area contributed by atoms with Crippen LogP contribution in [0.3, 0.4) is 0 Å². The molecule has 2 aromatic rings. The monoisotopic (exact) mass is 287 g/mol. The Hall–Kier alpha value is -2.89. The normalized spacial score (nSPS) is 9.95. The van der Waals surface area contributed by atoms with E-state index in [0.717, 1.165) is 5.56 Å². The number of hydrogen-bond donors (Lipinski definition) is 3. The highest BCUT2D eigenvalue weighted by molar-refractivity contribution is 5.82. The van der Waals surface area contributed by atoms with Gasteiger partial charge in [0.15, 0.2) is 17.5 Å². The largest absolute Gasteiger partial charge is 0.422 e. The van der Waals surface area contributed by atoms with Gasteiger partial charge in [0.1, 0.15) is 6.54 Å². The third-order valence-electron chi connectivity index (χ3n) is 2.69. The van der Waals surface area contributed by atoms with Crippen molar-refractivity contribution >= 4 is 11.9 Å². The Labute approximate surface area is 121 Å². The maximum atomic E-state index is 13.9. The Morgan fingerprint density at radius 1 is 1.19 bits per heavy atom. The Morgan fingerprint density at radius 3 is 2.52 bits per heavy atom. The summed E-state index contributed by atoms with van der Waals surface area (Å²) in [5, 5.41) is 9.20. The number of carbonyl (C=O) groups excluding carboxylic acids is 1. The van der Waals surface area contributed by atoms with E-state index in [1.807, 2.05) is 30.3 Å². The zero-order chi connectivity index (χ0) is 15.2. The van der Waals surface area contributed by atoms with Crippen molar-refractivity contribution in [2.24, 2.45) is 5.73 Å². The molecule has 0 atom stereocenters. The van der Waals surface area contributed by atoms with Crippen LogP contribution in [0.15, 0.2) is 48.5 Å². The second-order valence-corrected chi connectivity index (χ2v) is 4.25. The molecule has 0 saturated carbocycles. The van der Waals surface area contributed by atoms with Crippen molar-refractivity contribution in [2.75, 3.05) is 6.54 Å². The third-order valence-corrected chi connectivity index (χ3v) is 2.69. The molecule has 0 radical (unpaired) electrons. The Morgan fingerprint density at radius 2 is 1.90 bits per heavy atom. The van der Waals surface area contributed by atoms with Crippen molar-refractivity contribution in [1.82, 2.24) is 5.32 Å². The van der Waals surface area contributed by atoms with Crippen LogP contribution in [0.1, 0.15) is 0 Å². The average Bonchev–Trinajstić information content (AvgIpc) is 2.48. The molecular formula is C15H14FN3O2. The molecule has 0 amide bonds. The van der Waals surface area contributed by atoms with Crippen LogP contribution in [0.25, 0.3) is 11.1 Å². The second kappa shape index (κ2) is 6.51. The van der Waals surface area contributed by atoms with Gasteiger partial charge in [-0.15, -0.1) is 0 Å². The fraction of sp³-hybridized carbons (Fsp3) is 0.0667. The molecule has 0 spiro atoms. The first-order valence-electron chi connectivity index (χ1n) is 6.20. The third kappa shape index (κ3) is 4.04. The lowest BCUT2D eigenvalue weighted by Crippen LogP contribution is -2.36. The van der Waals surface area contributed by atoms with Crippen LogP contribution in [0.2, 0.25) is 0 Å². The van der Waals surface area contributed by atoms with Gasteiger partial charge in [0.05, 0.1) is 0 Å². The van der Waals surface area contributed by atoms with Crippen LogP contribution in [0, 0.1) is 11.2 Å². The fourth-order valence-electron chi connectivity index (χ4n) is 1.72. The number of guanidine groups is 1. The van der Waals surface area contributed by atoms with Crippen LogP contribution >= 0.6 is 0 Å². The number of hydrogen-bond acceptors (Lipinski definition) is 3. The number of halogens is 1. The Bertz CT molecular complexity index is 659. The van der Waals surface area contributed by atoms with Crippen molar-refractivity contribution in [3.8, 4) is 16.9 Å². The average molecular weight is 287 g/mol. The van der Waals surface area contributed by atoms with Crippen molar-refractivity contribution in [3.63, 3.8) is 0 Å². The predicted octanol–water partition coefficient (Wildman–Crippen LogP) is 1.88. The molecule has 0 fully saturated rings. The second-order valence-electron chi connectivity index (χ2n) is 4.25. The first kappa shape index (κ1) is 14.5. The highest BCUT2D eigenvalue weighted by Crippen LogP contribution is 2.25. The minimum absolute atomic E-state index is 0.162. The van der Waals surface area contributed by atoms with E-state index in [9.17, 15) is 9.18 Å². The minimum Gasteiger partial charge on any atom is -0.422 e. The summed E-state index contributed by atoms with van der Waals surface area (Å²) in [5.41, 5.74) is 6.60. The number of ether oxygens (including phenoxy) is 1. The Balaban J connectivity index is 2.09. The zero-order valence-corrected chi connectivity index (χ0v) is 11.1. The maximum Gasteiger partial charge on any atom is 0.330 e. The summed E-state index contributed by atoms with van der Waals surface area (Å²) in [6.07, 6.45) is 0. The van der Waals surface area contributed by atoms with Gasteiger partial charge in [-0.1, -0.05) is 36.4 Å². The molecule has 0 bridgehead atoms. The van der Waals surface area contributed by atoms with Gasteiger partial charge in [-0.25, -0.2) is 9.18 Å².